The second-order valence-electron chi connectivity index (χ2n) is 3.02. The summed E-state index contributed by atoms with van der Waals surface area (Å²) >= 11 is 1.54. The zero-order valence-corrected chi connectivity index (χ0v) is 8.60. The molecule has 1 unspecified atom stereocenters. The van der Waals surface area contributed by atoms with E-state index in [4.69, 9.17) is 5.73 Å². The fraction of sp³-hybridized carbons (Fsp3) is 0.714. The van der Waals surface area contributed by atoms with Gasteiger partial charge in [-0.3, -0.25) is 4.57 Å². The highest BCUT2D eigenvalue weighted by atomic mass is 32.2. The van der Waals surface area contributed by atoms with Gasteiger partial charge in [-0.15, -0.1) is 5.10 Å². The molecular weight excluding hydrogens is 188 g/mol. The Kier molecular flexibility index (Phi) is 3.56. The molecule has 3 N–H and O–H groups in total. The van der Waals surface area contributed by atoms with Crippen LogP contribution < -0.4 is 11.4 Å². The van der Waals surface area contributed by atoms with Crippen LogP contribution in [0.4, 0.5) is 0 Å². The Balaban J connectivity index is 2.55. The molecule has 0 aliphatic carbocycles. The van der Waals surface area contributed by atoms with Crippen LogP contribution in [-0.4, -0.2) is 27.1 Å². The molecule has 0 aliphatic rings. The van der Waals surface area contributed by atoms with E-state index in [-0.39, 0.29) is 5.69 Å². The van der Waals surface area contributed by atoms with Crippen molar-refractivity contribution >= 4 is 11.8 Å². The van der Waals surface area contributed by atoms with Crippen molar-refractivity contribution in [2.75, 3.05) is 12.3 Å². The van der Waals surface area contributed by atoms with Crippen molar-refractivity contribution in [1.82, 2.24) is 14.8 Å². The van der Waals surface area contributed by atoms with E-state index >= 15 is 0 Å². The van der Waals surface area contributed by atoms with Gasteiger partial charge in [-0.05, 0) is 12.5 Å². The van der Waals surface area contributed by atoms with Crippen LogP contribution in [0.15, 0.2) is 9.95 Å². The zero-order valence-electron chi connectivity index (χ0n) is 7.78. The van der Waals surface area contributed by atoms with Crippen molar-refractivity contribution in [3.8, 4) is 0 Å². The Morgan fingerprint density at radius 2 is 2.46 bits per heavy atom. The molecule has 0 amide bonds. The number of hydrogen-bond acceptors (Lipinski definition) is 4. The van der Waals surface area contributed by atoms with Gasteiger partial charge >= 0.3 is 5.69 Å². The number of aromatic amines is 1. The van der Waals surface area contributed by atoms with Gasteiger partial charge in [0.2, 0.25) is 0 Å². The molecule has 5 nitrogen and oxygen atoms in total. The number of hydrogen-bond donors (Lipinski definition) is 2. The molecule has 0 aromatic carbocycles. The fourth-order valence-corrected chi connectivity index (χ4v) is 1.70. The van der Waals surface area contributed by atoms with Gasteiger partial charge in [0.25, 0.3) is 0 Å². The van der Waals surface area contributed by atoms with Crippen molar-refractivity contribution in [1.29, 1.82) is 0 Å². The normalized spacial score (nSPS) is 13.2. The minimum Gasteiger partial charge on any atom is -0.330 e. The fourth-order valence-electron chi connectivity index (χ4n) is 0.746. The van der Waals surface area contributed by atoms with Gasteiger partial charge in [0.05, 0.1) is 0 Å². The Hall–Kier alpha value is -0.750. The lowest BCUT2D eigenvalue weighted by Gasteiger charge is -2.05. The minimum absolute atomic E-state index is 0.178. The van der Waals surface area contributed by atoms with Gasteiger partial charge in [0.15, 0.2) is 5.16 Å². The molecule has 0 saturated heterocycles. The Morgan fingerprint density at radius 1 is 1.77 bits per heavy atom. The third kappa shape index (κ3) is 2.60. The molecule has 6 heteroatoms. The number of H-pyrrole nitrogens is 1. The van der Waals surface area contributed by atoms with Gasteiger partial charge in [-0.1, -0.05) is 18.7 Å². The van der Waals surface area contributed by atoms with Crippen molar-refractivity contribution in [2.24, 2.45) is 18.7 Å². The highest BCUT2D eigenvalue weighted by Gasteiger charge is 2.06. The molecule has 1 aromatic rings. The summed E-state index contributed by atoms with van der Waals surface area (Å²) in [6.07, 6.45) is 0. The predicted molar refractivity (Wildman–Crippen MR) is 52.8 cm³/mol. The molecule has 74 valence electrons. The van der Waals surface area contributed by atoms with E-state index in [0.29, 0.717) is 17.6 Å². The first-order chi connectivity index (χ1) is 6.15. The van der Waals surface area contributed by atoms with Gasteiger partial charge in [-0.25, -0.2) is 9.89 Å². The lowest BCUT2D eigenvalue weighted by Crippen LogP contribution is -2.15. The smallest absolute Gasteiger partial charge is 0.330 e. The summed E-state index contributed by atoms with van der Waals surface area (Å²) in [4.78, 5) is 11.0. The van der Waals surface area contributed by atoms with Crippen LogP contribution in [0.1, 0.15) is 6.92 Å². The summed E-state index contributed by atoms with van der Waals surface area (Å²) in [6, 6.07) is 0. The van der Waals surface area contributed by atoms with Gasteiger partial charge in [-0.2, -0.15) is 0 Å². The third-order valence-electron chi connectivity index (χ3n) is 1.74. The van der Waals surface area contributed by atoms with E-state index in [1.54, 1.807) is 18.8 Å². The van der Waals surface area contributed by atoms with Crippen molar-refractivity contribution < 1.29 is 0 Å². The first-order valence-electron chi connectivity index (χ1n) is 4.09. The molecule has 13 heavy (non-hydrogen) atoms. The quantitative estimate of drug-likeness (QED) is 0.663. The van der Waals surface area contributed by atoms with Crippen LogP contribution in [0.25, 0.3) is 0 Å². The summed E-state index contributed by atoms with van der Waals surface area (Å²) in [5.41, 5.74) is 5.29. The van der Waals surface area contributed by atoms with E-state index in [2.05, 4.69) is 17.1 Å². The monoisotopic (exact) mass is 202 g/mol. The maximum absolute atomic E-state index is 11.0. The minimum atomic E-state index is -0.178. The molecule has 0 spiro atoms. The molecular formula is C7H14N4OS. The lowest BCUT2D eigenvalue weighted by molar-refractivity contribution is 0.671. The molecule has 0 bridgehead atoms. The number of rotatable bonds is 4. The van der Waals surface area contributed by atoms with Crippen LogP contribution in [0.3, 0.4) is 0 Å². The second-order valence-corrected chi connectivity index (χ2v) is 4.01. The zero-order chi connectivity index (χ0) is 9.84. The Morgan fingerprint density at radius 3 is 2.92 bits per heavy atom. The molecule has 0 radical (unpaired) electrons. The van der Waals surface area contributed by atoms with Crippen molar-refractivity contribution in [3.63, 3.8) is 0 Å². The van der Waals surface area contributed by atoms with Crippen LogP contribution in [0, 0.1) is 5.92 Å². The van der Waals surface area contributed by atoms with E-state index in [0.717, 1.165) is 5.75 Å². The number of thioether (sulfide) groups is 1. The lowest BCUT2D eigenvalue weighted by atomic mass is 10.2. The van der Waals surface area contributed by atoms with Crippen LogP contribution >= 0.6 is 11.8 Å². The summed E-state index contributed by atoms with van der Waals surface area (Å²) in [6.45, 7) is 2.73. The highest BCUT2D eigenvalue weighted by molar-refractivity contribution is 7.99. The largest absolute Gasteiger partial charge is 0.343 e. The Bertz CT molecular complexity index is 319. The highest BCUT2D eigenvalue weighted by Crippen LogP contribution is 2.15. The summed E-state index contributed by atoms with van der Waals surface area (Å²) in [7, 11) is 1.70. The average molecular weight is 202 g/mol. The molecule has 0 fully saturated rings. The van der Waals surface area contributed by atoms with Crippen molar-refractivity contribution in [2.45, 2.75) is 12.1 Å². The first-order valence-corrected chi connectivity index (χ1v) is 5.08. The van der Waals surface area contributed by atoms with Crippen LogP contribution in [-0.2, 0) is 7.05 Å². The van der Waals surface area contributed by atoms with E-state index in [1.165, 1.54) is 4.57 Å². The van der Waals surface area contributed by atoms with Gasteiger partial charge in [0, 0.05) is 12.8 Å². The summed E-state index contributed by atoms with van der Waals surface area (Å²) in [5, 5.41) is 6.97. The van der Waals surface area contributed by atoms with Crippen LogP contribution in [0.5, 0.6) is 0 Å². The summed E-state index contributed by atoms with van der Waals surface area (Å²) in [5.74, 6) is 1.33. The number of aromatic nitrogens is 3. The predicted octanol–water partition coefficient (Wildman–Crippen LogP) is -0.205. The van der Waals surface area contributed by atoms with Gasteiger partial charge < -0.3 is 5.73 Å². The third-order valence-corrected chi connectivity index (χ3v) is 3.10. The number of nitrogens with two attached hydrogens (primary N) is 1. The topological polar surface area (TPSA) is 76.7 Å². The molecule has 1 aromatic heterocycles. The SMILES string of the molecule is CC(CN)CSc1n[nH]c(=O)n1C. The van der Waals surface area contributed by atoms with Crippen molar-refractivity contribution in [3.05, 3.63) is 10.5 Å². The molecule has 0 saturated carbocycles. The number of nitrogens with zero attached hydrogens (tertiary/aromatic N) is 2. The van der Waals surface area contributed by atoms with E-state index in [1.807, 2.05) is 0 Å². The maximum Gasteiger partial charge on any atom is 0.343 e. The second kappa shape index (κ2) is 4.48. The van der Waals surface area contributed by atoms with E-state index < -0.39 is 0 Å². The Labute approximate surface area is 80.7 Å². The standard InChI is InChI=1S/C7H14N4OS/c1-5(3-8)4-13-7-10-9-6(12)11(7)2/h5H,3-4,8H2,1-2H3,(H,9,12). The number of nitrogens with one attached hydrogen (secondary N) is 1. The summed E-state index contributed by atoms with van der Waals surface area (Å²) < 4.78 is 1.49. The molecule has 1 atom stereocenters. The molecule has 0 aliphatic heterocycles. The molecule has 1 rings (SSSR count). The average Bonchev–Trinajstić information content (AvgIpc) is 2.44. The first kappa shape index (κ1) is 10.3. The molecule has 1 heterocycles. The van der Waals surface area contributed by atoms with Gasteiger partial charge in [0.1, 0.15) is 0 Å². The van der Waals surface area contributed by atoms with E-state index in [9.17, 15) is 4.79 Å². The maximum atomic E-state index is 11.0. The van der Waals surface area contributed by atoms with Crippen LogP contribution in [0.2, 0.25) is 0 Å².